The van der Waals surface area contributed by atoms with Crippen LogP contribution in [0.25, 0.3) is 0 Å². The van der Waals surface area contributed by atoms with Gasteiger partial charge in [-0.25, -0.2) is 0 Å². The molecule has 27 heavy (non-hydrogen) atoms. The molecule has 0 aromatic heterocycles. The van der Waals surface area contributed by atoms with E-state index >= 15 is 0 Å². The normalized spacial score (nSPS) is 13.6. The molecule has 0 heterocycles. The molecule has 147 valence electrons. The summed E-state index contributed by atoms with van der Waals surface area (Å²) < 4.78 is 5.42. The van der Waals surface area contributed by atoms with E-state index in [4.69, 9.17) is 4.74 Å². The van der Waals surface area contributed by atoms with Crippen molar-refractivity contribution >= 4 is 12.4 Å². The standard InChI is InChI=1S/C21H25N2O3.Co/c1-3-19(26-2)12-18(23-14-17-9-5-7-11-21(17)25)15-22-13-16-8-4-6-10-20(16)24;/h3-11,13-14,18-19,24-25H,12,15H2,1-2H3;/q-1;. The van der Waals surface area contributed by atoms with Gasteiger partial charge in [0.1, 0.15) is 11.5 Å². The number of rotatable bonds is 9. The molecule has 0 aliphatic carbocycles. The van der Waals surface area contributed by atoms with E-state index in [1.807, 2.05) is 25.5 Å². The van der Waals surface area contributed by atoms with Crippen LogP contribution >= 0.6 is 0 Å². The van der Waals surface area contributed by atoms with Gasteiger partial charge in [-0.3, -0.25) is 9.98 Å². The Kier molecular flexibility index (Phi) is 10.4. The number of nitrogens with zero attached hydrogens (tertiary/aromatic N) is 2. The van der Waals surface area contributed by atoms with Gasteiger partial charge < -0.3 is 21.4 Å². The molecule has 0 saturated carbocycles. The Balaban J connectivity index is 0.00000364. The van der Waals surface area contributed by atoms with Crippen LogP contribution in [0.5, 0.6) is 11.5 Å². The maximum absolute atomic E-state index is 9.87. The van der Waals surface area contributed by atoms with Gasteiger partial charge in [-0.1, -0.05) is 30.4 Å². The molecule has 2 N–H and O–H groups in total. The fourth-order valence-corrected chi connectivity index (χ4v) is 2.47. The van der Waals surface area contributed by atoms with E-state index in [-0.39, 0.29) is 40.4 Å². The van der Waals surface area contributed by atoms with Gasteiger partial charge in [0, 0.05) is 47.4 Å². The van der Waals surface area contributed by atoms with Gasteiger partial charge in [-0.2, -0.15) is 6.92 Å². The van der Waals surface area contributed by atoms with Gasteiger partial charge in [-0.05, 0) is 30.7 Å². The SMILES string of the molecule is C[CH-]C(CC(CN=Cc1ccccc1O)N=Cc1ccccc1O)OC.[Co]. The summed E-state index contributed by atoms with van der Waals surface area (Å²) in [6, 6.07) is 14.0. The largest absolute Gasteiger partial charge is 0.507 e. The third-order valence-electron chi connectivity index (χ3n) is 4.02. The van der Waals surface area contributed by atoms with E-state index in [9.17, 15) is 10.2 Å². The number of methoxy groups -OCH3 is 1. The molecule has 0 spiro atoms. The molecule has 2 aromatic carbocycles. The van der Waals surface area contributed by atoms with Crippen LogP contribution in [0.2, 0.25) is 0 Å². The molecule has 2 aromatic rings. The van der Waals surface area contributed by atoms with Crippen molar-refractivity contribution in [2.75, 3.05) is 13.7 Å². The molecule has 0 saturated heterocycles. The molecular formula is C21H25CoN2O3-. The Hall–Kier alpha value is -2.15. The molecule has 0 amide bonds. The summed E-state index contributed by atoms with van der Waals surface area (Å²) >= 11 is 0. The number of phenols is 2. The van der Waals surface area contributed by atoms with Crippen molar-refractivity contribution in [2.24, 2.45) is 9.98 Å². The number of hydrogen-bond acceptors (Lipinski definition) is 5. The monoisotopic (exact) mass is 412 g/mol. The molecule has 5 nitrogen and oxygen atoms in total. The van der Waals surface area contributed by atoms with Crippen molar-refractivity contribution in [1.82, 2.24) is 0 Å². The number of aromatic hydroxyl groups is 2. The molecule has 0 aliphatic rings. The first-order chi connectivity index (χ1) is 12.6. The van der Waals surface area contributed by atoms with Crippen molar-refractivity contribution < 1.29 is 31.7 Å². The van der Waals surface area contributed by atoms with Crippen molar-refractivity contribution in [3.05, 3.63) is 66.1 Å². The van der Waals surface area contributed by atoms with E-state index in [0.717, 1.165) is 0 Å². The van der Waals surface area contributed by atoms with Gasteiger partial charge in [0.05, 0.1) is 12.6 Å². The smallest absolute Gasteiger partial charge is 0.124 e. The Labute approximate surface area is 171 Å². The van der Waals surface area contributed by atoms with Crippen molar-refractivity contribution in [3.63, 3.8) is 0 Å². The van der Waals surface area contributed by atoms with Crippen LogP contribution in [-0.4, -0.2) is 48.4 Å². The zero-order chi connectivity index (χ0) is 18.8. The van der Waals surface area contributed by atoms with Crippen LogP contribution in [0.15, 0.2) is 58.5 Å². The minimum atomic E-state index is -0.113. The Morgan fingerprint density at radius 1 is 1.00 bits per heavy atom. The third-order valence-corrected chi connectivity index (χ3v) is 4.02. The van der Waals surface area contributed by atoms with Crippen molar-refractivity contribution in [2.45, 2.75) is 25.5 Å². The summed E-state index contributed by atoms with van der Waals surface area (Å²) in [7, 11) is 1.67. The van der Waals surface area contributed by atoms with Crippen LogP contribution in [-0.2, 0) is 21.5 Å². The fraction of sp³-hybridized carbons (Fsp3) is 0.286. The maximum Gasteiger partial charge on any atom is 0.124 e. The Morgan fingerprint density at radius 3 is 2.07 bits per heavy atom. The molecule has 2 rings (SSSR count). The number of para-hydroxylation sites is 2. The summed E-state index contributed by atoms with van der Waals surface area (Å²) in [5.74, 6) is 0.389. The van der Waals surface area contributed by atoms with E-state index in [0.29, 0.717) is 24.1 Å². The zero-order valence-corrected chi connectivity index (χ0v) is 16.5. The number of ether oxygens (including phenoxy) is 1. The first-order valence-electron chi connectivity index (χ1n) is 8.55. The molecular weight excluding hydrogens is 387 g/mol. The Morgan fingerprint density at radius 2 is 1.56 bits per heavy atom. The zero-order valence-electron chi connectivity index (χ0n) is 15.5. The summed E-state index contributed by atoms with van der Waals surface area (Å²) in [5.41, 5.74) is 1.33. The quantitative estimate of drug-likeness (QED) is 0.488. The fourth-order valence-electron chi connectivity index (χ4n) is 2.47. The first-order valence-corrected chi connectivity index (χ1v) is 8.55. The van der Waals surface area contributed by atoms with Crippen LogP contribution in [0, 0.1) is 6.42 Å². The number of aliphatic imine (C=N–C) groups is 2. The van der Waals surface area contributed by atoms with Gasteiger partial charge in [0.25, 0.3) is 0 Å². The van der Waals surface area contributed by atoms with Crippen LogP contribution in [0.1, 0.15) is 24.5 Å². The second-order valence-corrected chi connectivity index (χ2v) is 5.89. The summed E-state index contributed by atoms with van der Waals surface area (Å²) in [6.07, 6.45) is 5.94. The van der Waals surface area contributed by atoms with Gasteiger partial charge in [0.15, 0.2) is 0 Å². The number of benzene rings is 2. The molecule has 0 fully saturated rings. The molecule has 2 atom stereocenters. The predicted molar refractivity (Wildman–Crippen MR) is 105 cm³/mol. The van der Waals surface area contributed by atoms with E-state index in [2.05, 4.69) is 9.98 Å². The topological polar surface area (TPSA) is 74.4 Å². The van der Waals surface area contributed by atoms with Crippen LogP contribution < -0.4 is 0 Å². The average molecular weight is 412 g/mol. The van der Waals surface area contributed by atoms with Crippen LogP contribution in [0.4, 0.5) is 0 Å². The van der Waals surface area contributed by atoms with Gasteiger partial charge in [-0.15, -0.1) is 0 Å². The second kappa shape index (κ2) is 12.3. The van der Waals surface area contributed by atoms with E-state index < -0.39 is 0 Å². The minimum absolute atomic E-state index is 0. The van der Waals surface area contributed by atoms with Gasteiger partial charge in [0.2, 0.25) is 0 Å². The summed E-state index contributed by atoms with van der Waals surface area (Å²) in [6.45, 7) is 2.40. The molecule has 0 aliphatic heterocycles. The van der Waals surface area contributed by atoms with E-state index in [1.54, 1.807) is 55.9 Å². The summed E-state index contributed by atoms with van der Waals surface area (Å²) in [4.78, 5) is 9.01. The molecule has 2 unspecified atom stereocenters. The minimum Gasteiger partial charge on any atom is -0.507 e. The average Bonchev–Trinajstić information content (AvgIpc) is 2.66. The number of phenolic OH excluding ortho intramolecular Hbond substituents is 2. The molecule has 0 bridgehead atoms. The molecule has 6 heteroatoms. The molecule has 1 radical (unpaired) electrons. The number of hydrogen-bond donors (Lipinski definition) is 2. The maximum atomic E-state index is 9.87. The van der Waals surface area contributed by atoms with Gasteiger partial charge >= 0.3 is 0 Å². The predicted octanol–water partition coefficient (Wildman–Crippen LogP) is 3.63. The second-order valence-electron chi connectivity index (χ2n) is 5.89. The summed E-state index contributed by atoms with van der Waals surface area (Å²) in [5, 5.41) is 19.7. The van der Waals surface area contributed by atoms with Crippen LogP contribution in [0.3, 0.4) is 0 Å². The van der Waals surface area contributed by atoms with Crippen molar-refractivity contribution in [1.29, 1.82) is 0 Å². The first kappa shape index (κ1) is 22.9. The Bertz CT molecular complexity index is 746. The van der Waals surface area contributed by atoms with Crippen molar-refractivity contribution in [3.8, 4) is 11.5 Å². The van der Waals surface area contributed by atoms with E-state index in [1.165, 1.54) is 0 Å². The third kappa shape index (κ3) is 7.54.